The molecule has 0 radical (unpaired) electrons. The van der Waals surface area contributed by atoms with Crippen molar-refractivity contribution in [3.05, 3.63) is 29.3 Å². The summed E-state index contributed by atoms with van der Waals surface area (Å²) < 4.78 is 5.58. The Kier molecular flexibility index (Phi) is 6.34. The first kappa shape index (κ1) is 23.0. The molecule has 33 heavy (non-hydrogen) atoms. The van der Waals surface area contributed by atoms with E-state index in [2.05, 4.69) is 39.8 Å². The number of likely N-dealkylation sites (tertiary alicyclic amines) is 2. The minimum Gasteiger partial charge on any atom is -0.444 e. The van der Waals surface area contributed by atoms with Crippen molar-refractivity contribution in [2.75, 3.05) is 44.2 Å². The summed E-state index contributed by atoms with van der Waals surface area (Å²) in [4.78, 5) is 22.3. The van der Waals surface area contributed by atoms with Crippen LogP contribution in [0.5, 0.6) is 0 Å². The number of anilines is 1. The Morgan fingerprint density at radius 1 is 0.970 bits per heavy atom. The van der Waals surface area contributed by atoms with Crippen LogP contribution in [0.1, 0.15) is 64.5 Å². The molecule has 0 aromatic heterocycles. The molecule has 0 saturated carbocycles. The van der Waals surface area contributed by atoms with E-state index in [4.69, 9.17) is 4.74 Å². The van der Waals surface area contributed by atoms with Gasteiger partial charge < -0.3 is 14.5 Å². The van der Waals surface area contributed by atoms with Crippen LogP contribution in [-0.2, 0) is 17.7 Å². The molecule has 0 bridgehead atoms. The zero-order valence-electron chi connectivity index (χ0n) is 21.1. The van der Waals surface area contributed by atoms with Crippen molar-refractivity contribution < 1.29 is 9.53 Å². The van der Waals surface area contributed by atoms with E-state index in [0.29, 0.717) is 6.04 Å². The molecule has 1 unspecified atom stereocenters. The van der Waals surface area contributed by atoms with Gasteiger partial charge in [-0.15, -0.1) is 0 Å². The van der Waals surface area contributed by atoms with Gasteiger partial charge in [0.1, 0.15) is 5.60 Å². The zero-order chi connectivity index (χ0) is 23.2. The molecule has 4 aliphatic rings. The van der Waals surface area contributed by atoms with Crippen molar-refractivity contribution in [3.8, 4) is 0 Å². The molecular formula is C27H42N4O2. The van der Waals surface area contributed by atoms with Gasteiger partial charge >= 0.3 is 6.09 Å². The average Bonchev–Trinajstić information content (AvgIpc) is 3.52. The summed E-state index contributed by atoms with van der Waals surface area (Å²) in [6.07, 6.45) is 6.00. The number of nitrogens with zero attached hydrogens (tertiary/aromatic N) is 4. The summed E-state index contributed by atoms with van der Waals surface area (Å²) in [7, 11) is 0. The van der Waals surface area contributed by atoms with E-state index < -0.39 is 5.60 Å². The highest BCUT2D eigenvalue weighted by molar-refractivity contribution is 5.68. The SMILES string of the molecule is C[C@H]1CCCN1[C@H]1CCN(c2ccc3c(c2)CCN(C2CCN(C(=O)OC(C)(C)C)C2)C3)C1. The van der Waals surface area contributed by atoms with Gasteiger partial charge in [0.15, 0.2) is 0 Å². The highest BCUT2D eigenvalue weighted by Crippen LogP contribution is 2.32. The molecular weight excluding hydrogens is 412 g/mol. The van der Waals surface area contributed by atoms with Crippen LogP contribution in [0.25, 0.3) is 0 Å². The van der Waals surface area contributed by atoms with Gasteiger partial charge in [-0.25, -0.2) is 4.79 Å². The van der Waals surface area contributed by atoms with Crippen LogP contribution < -0.4 is 4.90 Å². The Labute approximate surface area is 199 Å². The second kappa shape index (κ2) is 9.10. The lowest BCUT2D eigenvalue weighted by molar-refractivity contribution is 0.0278. The average molecular weight is 455 g/mol. The van der Waals surface area contributed by atoms with Crippen molar-refractivity contribution in [2.24, 2.45) is 0 Å². The van der Waals surface area contributed by atoms with Crippen LogP contribution in [0.15, 0.2) is 18.2 Å². The maximum Gasteiger partial charge on any atom is 0.410 e. The van der Waals surface area contributed by atoms with E-state index in [1.165, 1.54) is 55.7 Å². The van der Waals surface area contributed by atoms with Gasteiger partial charge in [-0.2, -0.15) is 0 Å². The number of fused-ring (bicyclic) bond motifs is 1. The number of hydrogen-bond acceptors (Lipinski definition) is 5. The molecule has 0 aliphatic carbocycles. The first-order valence-corrected chi connectivity index (χ1v) is 13.1. The third-order valence-corrected chi connectivity index (χ3v) is 8.17. The quantitative estimate of drug-likeness (QED) is 0.687. The number of benzene rings is 1. The number of hydrogen-bond donors (Lipinski definition) is 0. The van der Waals surface area contributed by atoms with E-state index in [0.717, 1.165) is 51.1 Å². The van der Waals surface area contributed by atoms with E-state index in [1.54, 1.807) is 0 Å². The second-order valence-electron chi connectivity index (χ2n) is 11.7. The van der Waals surface area contributed by atoms with E-state index in [1.807, 2.05) is 25.7 Å². The van der Waals surface area contributed by atoms with E-state index in [-0.39, 0.29) is 6.09 Å². The summed E-state index contributed by atoms with van der Waals surface area (Å²) in [5.74, 6) is 0. The van der Waals surface area contributed by atoms with Crippen LogP contribution in [0.3, 0.4) is 0 Å². The Morgan fingerprint density at radius 3 is 2.55 bits per heavy atom. The molecule has 6 heteroatoms. The number of carbonyl (C=O) groups is 1. The largest absolute Gasteiger partial charge is 0.444 e. The molecule has 182 valence electrons. The number of rotatable bonds is 3. The lowest BCUT2D eigenvalue weighted by atomic mass is 9.97. The molecule has 4 aliphatic heterocycles. The van der Waals surface area contributed by atoms with Gasteiger partial charge in [0.25, 0.3) is 0 Å². The van der Waals surface area contributed by atoms with Gasteiger partial charge in [-0.3, -0.25) is 9.80 Å². The lowest BCUT2D eigenvalue weighted by Gasteiger charge is -2.34. The third-order valence-electron chi connectivity index (χ3n) is 8.17. The summed E-state index contributed by atoms with van der Waals surface area (Å²) in [5, 5.41) is 0. The molecule has 3 saturated heterocycles. The molecule has 3 atom stereocenters. The van der Waals surface area contributed by atoms with Gasteiger partial charge in [0, 0.05) is 63.1 Å². The Balaban J connectivity index is 1.17. The summed E-state index contributed by atoms with van der Waals surface area (Å²) in [6.45, 7) is 15.5. The number of amides is 1. The second-order valence-corrected chi connectivity index (χ2v) is 11.7. The zero-order valence-corrected chi connectivity index (χ0v) is 21.1. The number of carbonyl (C=O) groups excluding carboxylic acids is 1. The van der Waals surface area contributed by atoms with Crippen molar-refractivity contribution in [1.82, 2.24) is 14.7 Å². The molecule has 3 fully saturated rings. The highest BCUT2D eigenvalue weighted by Gasteiger charge is 2.35. The van der Waals surface area contributed by atoms with Crippen LogP contribution >= 0.6 is 0 Å². The van der Waals surface area contributed by atoms with Crippen molar-refractivity contribution >= 4 is 11.8 Å². The number of ether oxygens (including phenoxy) is 1. The summed E-state index contributed by atoms with van der Waals surface area (Å²) in [5.41, 5.74) is 3.96. The Bertz CT molecular complexity index is 866. The smallest absolute Gasteiger partial charge is 0.410 e. The molecule has 1 amide bonds. The fraction of sp³-hybridized carbons (Fsp3) is 0.741. The van der Waals surface area contributed by atoms with Crippen LogP contribution in [0.2, 0.25) is 0 Å². The predicted octanol–water partition coefficient (Wildman–Crippen LogP) is 4.12. The lowest BCUT2D eigenvalue weighted by Crippen LogP contribution is -2.42. The first-order chi connectivity index (χ1) is 15.8. The van der Waals surface area contributed by atoms with Crippen LogP contribution in [0.4, 0.5) is 10.5 Å². The molecule has 5 rings (SSSR count). The molecule has 4 heterocycles. The molecule has 1 aromatic carbocycles. The van der Waals surface area contributed by atoms with Gasteiger partial charge in [0.05, 0.1) is 0 Å². The standard InChI is InChI=1S/C27H42N4O2/c1-20-6-5-12-31(20)25-11-14-29(19-25)23-8-7-22-17-28(13-9-21(22)16-23)24-10-15-30(18-24)26(32)33-27(2,3)4/h7-8,16,20,24-25H,5-6,9-15,17-19H2,1-4H3/t20-,24?,25-/m0/s1. The van der Waals surface area contributed by atoms with Gasteiger partial charge in [0.2, 0.25) is 0 Å². The van der Waals surface area contributed by atoms with Gasteiger partial charge in [-0.05, 0) is 89.6 Å². The molecule has 1 aromatic rings. The van der Waals surface area contributed by atoms with Gasteiger partial charge in [-0.1, -0.05) is 6.07 Å². The van der Waals surface area contributed by atoms with Crippen LogP contribution in [-0.4, -0.2) is 83.8 Å². The van der Waals surface area contributed by atoms with Crippen molar-refractivity contribution in [3.63, 3.8) is 0 Å². The summed E-state index contributed by atoms with van der Waals surface area (Å²) in [6, 6.07) is 9.09. The monoisotopic (exact) mass is 454 g/mol. The van der Waals surface area contributed by atoms with E-state index >= 15 is 0 Å². The normalized spacial score (nSPS) is 29.0. The minimum absolute atomic E-state index is 0.167. The molecule has 6 nitrogen and oxygen atoms in total. The van der Waals surface area contributed by atoms with Crippen LogP contribution in [0, 0.1) is 0 Å². The van der Waals surface area contributed by atoms with Crippen molar-refractivity contribution in [2.45, 2.75) is 90.1 Å². The fourth-order valence-electron chi connectivity index (χ4n) is 6.35. The first-order valence-electron chi connectivity index (χ1n) is 13.1. The third kappa shape index (κ3) is 5.02. The minimum atomic E-state index is -0.432. The molecule has 0 N–H and O–H groups in total. The predicted molar refractivity (Wildman–Crippen MR) is 133 cm³/mol. The maximum absolute atomic E-state index is 12.5. The summed E-state index contributed by atoms with van der Waals surface area (Å²) >= 11 is 0. The Morgan fingerprint density at radius 2 is 1.79 bits per heavy atom. The Hall–Kier alpha value is -1.79. The topological polar surface area (TPSA) is 39.3 Å². The fourth-order valence-corrected chi connectivity index (χ4v) is 6.35. The highest BCUT2D eigenvalue weighted by atomic mass is 16.6. The van der Waals surface area contributed by atoms with Crippen molar-refractivity contribution in [1.29, 1.82) is 0 Å². The van der Waals surface area contributed by atoms with E-state index in [9.17, 15) is 4.79 Å². The molecule has 0 spiro atoms. The maximum atomic E-state index is 12.5.